The molecule has 0 saturated heterocycles. The van der Waals surface area contributed by atoms with Crippen molar-refractivity contribution in [3.05, 3.63) is 36.0 Å². The Morgan fingerprint density at radius 3 is 2.80 bits per heavy atom. The normalized spacial score (nSPS) is 15.1. The Bertz CT molecular complexity index is 863. The quantitative estimate of drug-likeness (QED) is 0.632. The number of nitrogen functional groups attached to an aromatic ring is 1. The molecule has 5 nitrogen and oxygen atoms in total. The zero-order valence-electron chi connectivity index (χ0n) is 14.7. The number of fused-ring (bicyclic) bond motifs is 1. The molecule has 0 amide bonds. The summed E-state index contributed by atoms with van der Waals surface area (Å²) in [7, 11) is 0. The lowest BCUT2D eigenvalue weighted by atomic mass is 9.93. The van der Waals surface area contributed by atoms with Crippen LogP contribution in [0.25, 0.3) is 22.2 Å². The monoisotopic (exact) mass is 335 g/mol. The molecule has 1 saturated carbocycles. The molecule has 0 aliphatic heterocycles. The SMILES string of the molecule is CCCNc1c(C2CCCC2)c(N)nc2cc(-c3ccn[nH]3)ccc12. The average Bonchev–Trinajstić information content (AvgIpc) is 3.32. The first-order valence-electron chi connectivity index (χ1n) is 9.24. The highest BCUT2D eigenvalue weighted by Crippen LogP contribution is 2.43. The molecule has 1 fully saturated rings. The van der Waals surface area contributed by atoms with Gasteiger partial charge in [0.1, 0.15) is 5.82 Å². The third kappa shape index (κ3) is 2.95. The molecule has 5 heteroatoms. The molecule has 2 aromatic heterocycles. The Kier molecular flexibility index (Phi) is 4.30. The van der Waals surface area contributed by atoms with Gasteiger partial charge in [-0.2, -0.15) is 5.10 Å². The molecule has 1 aromatic carbocycles. The van der Waals surface area contributed by atoms with Gasteiger partial charge in [-0.25, -0.2) is 4.98 Å². The lowest BCUT2D eigenvalue weighted by Crippen LogP contribution is -2.10. The Hall–Kier alpha value is -2.56. The van der Waals surface area contributed by atoms with E-state index in [4.69, 9.17) is 10.7 Å². The van der Waals surface area contributed by atoms with E-state index < -0.39 is 0 Å². The van der Waals surface area contributed by atoms with Gasteiger partial charge in [0.15, 0.2) is 0 Å². The van der Waals surface area contributed by atoms with E-state index in [9.17, 15) is 0 Å². The summed E-state index contributed by atoms with van der Waals surface area (Å²) >= 11 is 0. The molecule has 0 bridgehead atoms. The van der Waals surface area contributed by atoms with Crippen LogP contribution in [0.2, 0.25) is 0 Å². The third-order valence-electron chi connectivity index (χ3n) is 5.18. The maximum absolute atomic E-state index is 6.44. The second kappa shape index (κ2) is 6.75. The van der Waals surface area contributed by atoms with Gasteiger partial charge in [-0.15, -0.1) is 0 Å². The summed E-state index contributed by atoms with van der Waals surface area (Å²) < 4.78 is 0. The number of hydrogen-bond donors (Lipinski definition) is 3. The lowest BCUT2D eigenvalue weighted by Gasteiger charge is -2.21. The number of benzene rings is 1. The molecule has 0 atom stereocenters. The number of H-pyrrole nitrogens is 1. The molecule has 0 spiro atoms. The number of rotatable bonds is 5. The van der Waals surface area contributed by atoms with Crippen LogP contribution in [0.4, 0.5) is 11.5 Å². The fourth-order valence-corrected chi connectivity index (χ4v) is 3.95. The molecule has 0 radical (unpaired) electrons. The third-order valence-corrected chi connectivity index (χ3v) is 5.18. The average molecular weight is 335 g/mol. The number of nitrogens with one attached hydrogen (secondary N) is 2. The van der Waals surface area contributed by atoms with Crippen LogP contribution >= 0.6 is 0 Å². The second-order valence-corrected chi connectivity index (χ2v) is 6.90. The number of aromatic amines is 1. The number of hydrogen-bond acceptors (Lipinski definition) is 4. The Morgan fingerprint density at radius 2 is 2.08 bits per heavy atom. The molecule has 1 aliphatic carbocycles. The van der Waals surface area contributed by atoms with Crippen LogP contribution in [0.1, 0.15) is 50.5 Å². The summed E-state index contributed by atoms with van der Waals surface area (Å²) in [5.41, 5.74) is 11.9. The van der Waals surface area contributed by atoms with Gasteiger partial charge in [-0.3, -0.25) is 5.10 Å². The summed E-state index contributed by atoms with van der Waals surface area (Å²) in [6, 6.07) is 8.35. The van der Waals surface area contributed by atoms with Crippen LogP contribution in [0.15, 0.2) is 30.5 Å². The fraction of sp³-hybridized carbons (Fsp3) is 0.400. The van der Waals surface area contributed by atoms with Crippen molar-refractivity contribution in [3.63, 3.8) is 0 Å². The van der Waals surface area contributed by atoms with Crippen LogP contribution in [-0.4, -0.2) is 21.7 Å². The van der Waals surface area contributed by atoms with E-state index in [1.807, 2.05) is 6.07 Å². The number of anilines is 2. The Labute approximate surface area is 148 Å². The molecular formula is C20H25N5. The minimum absolute atomic E-state index is 0.531. The van der Waals surface area contributed by atoms with Crippen LogP contribution < -0.4 is 11.1 Å². The first kappa shape index (κ1) is 15.9. The molecule has 1 aliphatic rings. The highest BCUT2D eigenvalue weighted by molar-refractivity contribution is 5.97. The van der Waals surface area contributed by atoms with E-state index >= 15 is 0 Å². The highest BCUT2D eigenvalue weighted by Gasteiger charge is 2.25. The van der Waals surface area contributed by atoms with Crippen molar-refractivity contribution >= 4 is 22.4 Å². The number of nitrogens with two attached hydrogens (primary N) is 1. The predicted octanol–water partition coefficient (Wildman–Crippen LogP) is 4.69. The summed E-state index contributed by atoms with van der Waals surface area (Å²) in [6.07, 6.45) is 7.84. The van der Waals surface area contributed by atoms with Crippen LogP contribution in [0.5, 0.6) is 0 Å². The van der Waals surface area contributed by atoms with E-state index in [-0.39, 0.29) is 0 Å². The zero-order chi connectivity index (χ0) is 17.2. The van der Waals surface area contributed by atoms with Gasteiger partial charge in [-0.1, -0.05) is 31.9 Å². The minimum Gasteiger partial charge on any atom is -0.384 e. The van der Waals surface area contributed by atoms with E-state index in [1.54, 1.807) is 6.20 Å². The van der Waals surface area contributed by atoms with E-state index in [0.717, 1.165) is 35.1 Å². The van der Waals surface area contributed by atoms with Crippen molar-refractivity contribution in [2.45, 2.75) is 44.9 Å². The molecule has 0 unspecified atom stereocenters. The van der Waals surface area contributed by atoms with E-state index in [1.165, 1.54) is 36.9 Å². The van der Waals surface area contributed by atoms with Crippen LogP contribution in [0, 0.1) is 0 Å². The van der Waals surface area contributed by atoms with Crippen molar-refractivity contribution in [1.82, 2.24) is 15.2 Å². The molecule has 2 heterocycles. The largest absolute Gasteiger partial charge is 0.384 e. The number of aromatic nitrogens is 3. The number of nitrogens with zero attached hydrogens (tertiary/aromatic N) is 2. The predicted molar refractivity (Wildman–Crippen MR) is 104 cm³/mol. The molecule has 3 aromatic rings. The number of pyridine rings is 1. The second-order valence-electron chi connectivity index (χ2n) is 6.90. The van der Waals surface area contributed by atoms with E-state index in [0.29, 0.717) is 11.7 Å². The van der Waals surface area contributed by atoms with Crippen molar-refractivity contribution in [2.75, 3.05) is 17.6 Å². The van der Waals surface area contributed by atoms with E-state index in [2.05, 4.69) is 40.6 Å². The Balaban J connectivity index is 1.87. The van der Waals surface area contributed by atoms with Gasteiger partial charge in [-0.05, 0) is 37.3 Å². The Morgan fingerprint density at radius 1 is 1.24 bits per heavy atom. The summed E-state index contributed by atoms with van der Waals surface area (Å²) in [6.45, 7) is 3.13. The first-order valence-corrected chi connectivity index (χ1v) is 9.24. The zero-order valence-corrected chi connectivity index (χ0v) is 14.7. The summed E-state index contributed by atoms with van der Waals surface area (Å²) in [4.78, 5) is 4.76. The molecule has 130 valence electrons. The highest BCUT2D eigenvalue weighted by atomic mass is 15.1. The molecule has 4 rings (SSSR count). The van der Waals surface area contributed by atoms with Crippen molar-refractivity contribution in [3.8, 4) is 11.3 Å². The van der Waals surface area contributed by atoms with Gasteiger partial charge in [0.2, 0.25) is 0 Å². The standard InChI is InChI=1S/C20H25N5/c1-2-10-22-19-15-8-7-14(16-9-11-23-25-16)12-17(15)24-20(21)18(19)13-5-3-4-6-13/h7-9,11-13H,2-6,10H2,1H3,(H,23,25)(H3,21,22,24). The maximum atomic E-state index is 6.44. The van der Waals surface area contributed by atoms with Crippen LogP contribution in [0.3, 0.4) is 0 Å². The molecule has 25 heavy (non-hydrogen) atoms. The summed E-state index contributed by atoms with van der Waals surface area (Å²) in [5, 5.41) is 11.8. The molecule has 4 N–H and O–H groups in total. The fourth-order valence-electron chi connectivity index (χ4n) is 3.95. The van der Waals surface area contributed by atoms with Gasteiger partial charge < -0.3 is 11.1 Å². The molecular weight excluding hydrogens is 310 g/mol. The van der Waals surface area contributed by atoms with Gasteiger partial charge in [0.05, 0.1) is 16.9 Å². The first-order chi connectivity index (χ1) is 12.3. The van der Waals surface area contributed by atoms with Crippen molar-refractivity contribution < 1.29 is 0 Å². The minimum atomic E-state index is 0.531. The van der Waals surface area contributed by atoms with Crippen LogP contribution in [-0.2, 0) is 0 Å². The maximum Gasteiger partial charge on any atom is 0.129 e. The van der Waals surface area contributed by atoms with Gasteiger partial charge in [0, 0.05) is 29.3 Å². The summed E-state index contributed by atoms with van der Waals surface area (Å²) in [5.74, 6) is 1.21. The lowest BCUT2D eigenvalue weighted by molar-refractivity contribution is 0.724. The van der Waals surface area contributed by atoms with Crippen molar-refractivity contribution in [2.24, 2.45) is 0 Å². The van der Waals surface area contributed by atoms with Gasteiger partial charge in [0.25, 0.3) is 0 Å². The smallest absolute Gasteiger partial charge is 0.129 e. The topological polar surface area (TPSA) is 79.6 Å². The van der Waals surface area contributed by atoms with Crippen molar-refractivity contribution in [1.29, 1.82) is 0 Å². The van der Waals surface area contributed by atoms with Gasteiger partial charge >= 0.3 is 0 Å².